The molecule has 0 saturated carbocycles. The molecule has 1 fully saturated rings. The van der Waals surface area contributed by atoms with Crippen LogP contribution < -0.4 is 0 Å². The number of nitrogens with zero attached hydrogens (tertiary/aromatic N) is 1. The van der Waals surface area contributed by atoms with Crippen molar-refractivity contribution in [2.45, 2.75) is 32.9 Å². The second kappa shape index (κ2) is 4.05. The minimum atomic E-state index is 0.198. The summed E-state index contributed by atoms with van der Waals surface area (Å²) in [5, 5.41) is 0. The Bertz CT molecular complexity index is 347. The van der Waals surface area contributed by atoms with Gasteiger partial charge in [0.05, 0.1) is 0 Å². The van der Waals surface area contributed by atoms with Crippen LogP contribution in [0.1, 0.15) is 25.8 Å². The van der Waals surface area contributed by atoms with Crippen LogP contribution in [0.2, 0.25) is 0 Å². The van der Waals surface area contributed by atoms with Crippen molar-refractivity contribution >= 4 is 5.91 Å². The molecule has 0 spiro atoms. The van der Waals surface area contributed by atoms with Gasteiger partial charge in [-0.3, -0.25) is 4.79 Å². The number of carbonyl (C=O) groups excluding carboxylic acids is 1. The molecule has 2 atom stereocenters. The average Bonchev–Trinajstić information content (AvgIpc) is 2.47. The molecule has 0 aliphatic carbocycles. The van der Waals surface area contributed by atoms with E-state index in [1.54, 1.807) is 0 Å². The monoisotopic (exact) mass is 203 g/mol. The van der Waals surface area contributed by atoms with E-state index in [1.807, 2.05) is 30.0 Å². The quantitative estimate of drug-likeness (QED) is 0.723. The molecule has 0 aromatic heterocycles. The zero-order valence-corrected chi connectivity index (χ0v) is 9.31. The Balaban J connectivity index is 2.09. The Morgan fingerprint density at radius 2 is 1.93 bits per heavy atom. The summed E-state index contributed by atoms with van der Waals surface area (Å²) in [7, 11) is 0. The van der Waals surface area contributed by atoms with Gasteiger partial charge in [-0.15, -0.1) is 0 Å². The van der Waals surface area contributed by atoms with E-state index >= 15 is 0 Å². The fourth-order valence-corrected chi connectivity index (χ4v) is 2.25. The lowest BCUT2D eigenvalue weighted by atomic mass is 10.1. The van der Waals surface area contributed by atoms with Gasteiger partial charge in [0.25, 0.3) is 0 Å². The Labute approximate surface area is 90.9 Å². The van der Waals surface area contributed by atoms with E-state index in [0.717, 1.165) is 13.0 Å². The largest absolute Gasteiger partial charge is 0.335 e. The van der Waals surface area contributed by atoms with Crippen molar-refractivity contribution in [3.05, 3.63) is 35.9 Å². The molecule has 1 aliphatic rings. The third-order valence-corrected chi connectivity index (χ3v) is 3.13. The van der Waals surface area contributed by atoms with Gasteiger partial charge in [-0.1, -0.05) is 37.3 Å². The molecule has 1 aromatic carbocycles. The first kappa shape index (κ1) is 10.2. The van der Waals surface area contributed by atoms with Crippen LogP contribution in [0.15, 0.2) is 30.3 Å². The van der Waals surface area contributed by atoms with Gasteiger partial charge in [-0.25, -0.2) is 0 Å². The van der Waals surface area contributed by atoms with Crippen molar-refractivity contribution in [3.8, 4) is 0 Å². The predicted octanol–water partition coefficient (Wildman–Crippen LogP) is 2.44. The standard InChI is InChI=1S/C13H17NO/c1-10-8-11(2)14(13(10)15)9-12-6-4-3-5-7-12/h3-7,10-11H,8-9H2,1-2H3/t10-,11+/m0/s1. The maximum Gasteiger partial charge on any atom is 0.226 e. The number of likely N-dealkylation sites (tertiary alicyclic amines) is 1. The summed E-state index contributed by atoms with van der Waals surface area (Å²) in [6, 6.07) is 10.6. The molecule has 2 rings (SSSR count). The Morgan fingerprint density at radius 3 is 2.47 bits per heavy atom. The summed E-state index contributed by atoms with van der Waals surface area (Å²) < 4.78 is 0. The van der Waals surface area contributed by atoms with Crippen molar-refractivity contribution in [3.63, 3.8) is 0 Å². The molecule has 2 nitrogen and oxygen atoms in total. The Hall–Kier alpha value is -1.31. The topological polar surface area (TPSA) is 20.3 Å². The van der Waals surface area contributed by atoms with Crippen LogP contribution in [0, 0.1) is 5.92 Å². The van der Waals surface area contributed by atoms with E-state index in [2.05, 4.69) is 19.1 Å². The lowest BCUT2D eigenvalue weighted by Gasteiger charge is -2.21. The van der Waals surface area contributed by atoms with Crippen LogP contribution in [-0.2, 0) is 11.3 Å². The maximum absolute atomic E-state index is 11.8. The highest BCUT2D eigenvalue weighted by atomic mass is 16.2. The molecule has 15 heavy (non-hydrogen) atoms. The van der Waals surface area contributed by atoms with Gasteiger partial charge in [0.15, 0.2) is 0 Å². The highest BCUT2D eigenvalue weighted by molar-refractivity contribution is 5.81. The second-order valence-electron chi connectivity index (χ2n) is 4.44. The first-order chi connectivity index (χ1) is 7.18. The van der Waals surface area contributed by atoms with Crippen LogP contribution in [0.5, 0.6) is 0 Å². The summed E-state index contributed by atoms with van der Waals surface area (Å²) in [5.74, 6) is 0.495. The summed E-state index contributed by atoms with van der Waals surface area (Å²) in [6.07, 6.45) is 0.992. The molecule has 1 aromatic rings. The molecule has 0 N–H and O–H groups in total. The number of amides is 1. The molecule has 1 amide bonds. The van der Waals surface area contributed by atoms with Crippen molar-refractivity contribution in [1.82, 2.24) is 4.90 Å². The summed E-state index contributed by atoms with van der Waals surface area (Å²) in [6.45, 7) is 4.90. The molecule has 1 saturated heterocycles. The van der Waals surface area contributed by atoms with Gasteiger partial charge >= 0.3 is 0 Å². The number of hydrogen-bond donors (Lipinski definition) is 0. The van der Waals surface area contributed by atoms with Crippen molar-refractivity contribution in [2.75, 3.05) is 0 Å². The van der Waals surface area contributed by atoms with Crippen molar-refractivity contribution < 1.29 is 4.79 Å². The normalized spacial score (nSPS) is 26.0. The van der Waals surface area contributed by atoms with E-state index in [9.17, 15) is 4.79 Å². The minimum absolute atomic E-state index is 0.198. The van der Waals surface area contributed by atoms with E-state index in [-0.39, 0.29) is 5.92 Å². The van der Waals surface area contributed by atoms with Crippen molar-refractivity contribution in [1.29, 1.82) is 0 Å². The summed E-state index contributed by atoms with van der Waals surface area (Å²) >= 11 is 0. The van der Waals surface area contributed by atoms with Crippen LogP contribution >= 0.6 is 0 Å². The van der Waals surface area contributed by atoms with Gasteiger partial charge in [0, 0.05) is 18.5 Å². The molecule has 0 bridgehead atoms. The van der Waals surface area contributed by atoms with Crippen LogP contribution in [0.4, 0.5) is 0 Å². The SMILES string of the molecule is C[C@@H]1C[C@H](C)C(=O)N1Cc1ccccc1. The second-order valence-corrected chi connectivity index (χ2v) is 4.44. The fraction of sp³-hybridized carbons (Fsp3) is 0.462. The van der Waals surface area contributed by atoms with E-state index in [1.165, 1.54) is 5.56 Å². The Morgan fingerprint density at radius 1 is 1.27 bits per heavy atom. The lowest BCUT2D eigenvalue weighted by molar-refractivity contribution is -0.132. The molecule has 2 heteroatoms. The molecule has 1 heterocycles. The number of rotatable bonds is 2. The van der Waals surface area contributed by atoms with Gasteiger partial charge in [0.1, 0.15) is 0 Å². The molecular formula is C13H17NO. The average molecular weight is 203 g/mol. The molecule has 80 valence electrons. The van der Waals surface area contributed by atoms with Crippen molar-refractivity contribution in [2.24, 2.45) is 5.92 Å². The fourth-order valence-electron chi connectivity index (χ4n) is 2.25. The van der Waals surface area contributed by atoms with Crippen LogP contribution in [0.25, 0.3) is 0 Å². The van der Waals surface area contributed by atoms with Gasteiger partial charge in [-0.2, -0.15) is 0 Å². The predicted molar refractivity (Wildman–Crippen MR) is 60.2 cm³/mol. The van der Waals surface area contributed by atoms with Gasteiger partial charge < -0.3 is 4.90 Å². The van der Waals surface area contributed by atoms with Gasteiger partial charge in [0.2, 0.25) is 5.91 Å². The smallest absolute Gasteiger partial charge is 0.226 e. The first-order valence-electron chi connectivity index (χ1n) is 5.53. The number of hydrogen-bond acceptors (Lipinski definition) is 1. The zero-order valence-electron chi connectivity index (χ0n) is 9.31. The van der Waals surface area contributed by atoms with E-state index in [0.29, 0.717) is 11.9 Å². The highest BCUT2D eigenvalue weighted by Crippen LogP contribution is 2.25. The van der Waals surface area contributed by atoms with Gasteiger partial charge in [-0.05, 0) is 18.9 Å². The molecule has 0 unspecified atom stereocenters. The number of benzene rings is 1. The zero-order chi connectivity index (χ0) is 10.8. The molecular weight excluding hydrogens is 186 g/mol. The Kier molecular flexibility index (Phi) is 2.76. The first-order valence-corrected chi connectivity index (χ1v) is 5.53. The summed E-state index contributed by atoms with van der Waals surface area (Å²) in [5.41, 5.74) is 1.21. The highest BCUT2D eigenvalue weighted by Gasteiger charge is 2.33. The lowest BCUT2D eigenvalue weighted by Crippen LogP contribution is -2.31. The maximum atomic E-state index is 11.8. The third kappa shape index (κ3) is 2.04. The third-order valence-electron chi connectivity index (χ3n) is 3.13. The molecule has 1 aliphatic heterocycles. The molecule has 0 radical (unpaired) electrons. The van der Waals surface area contributed by atoms with E-state index < -0.39 is 0 Å². The van der Waals surface area contributed by atoms with E-state index in [4.69, 9.17) is 0 Å². The number of carbonyl (C=O) groups is 1. The minimum Gasteiger partial charge on any atom is -0.335 e. The van der Waals surface area contributed by atoms with Crippen LogP contribution in [-0.4, -0.2) is 16.8 Å². The van der Waals surface area contributed by atoms with Crippen LogP contribution in [0.3, 0.4) is 0 Å². The summed E-state index contributed by atoms with van der Waals surface area (Å²) in [4.78, 5) is 13.8.